The molecule has 2 rings (SSSR count). The molecule has 23 heavy (non-hydrogen) atoms. The molecule has 1 saturated heterocycles. The highest BCUT2D eigenvalue weighted by Gasteiger charge is 2.30. The largest absolute Gasteiger partial charge is 0.444 e. The summed E-state index contributed by atoms with van der Waals surface area (Å²) in [7, 11) is 0. The van der Waals surface area contributed by atoms with Crippen LogP contribution in [0.15, 0.2) is 0 Å². The van der Waals surface area contributed by atoms with Gasteiger partial charge in [-0.2, -0.15) is 5.10 Å². The molecule has 0 bridgehead atoms. The summed E-state index contributed by atoms with van der Waals surface area (Å²) in [4.78, 5) is 13.9. The van der Waals surface area contributed by atoms with Crippen molar-refractivity contribution >= 4 is 6.09 Å². The first-order valence-corrected chi connectivity index (χ1v) is 8.41. The number of ether oxygens (including phenoxy) is 1. The van der Waals surface area contributed by atoms with Crippen molar-refractivity contribution in [2.24, 2.45) is 0 Å². The Morgan fingerprint density at radius 1 is 1.35 bits per heavy atom. The van der Waals surface area contributed by atoms with Gasteiger partial charge in [0, 0.05) is 31.2 Å². The number of amides is 1. The lowest BCUT2D eigenvalue weighted by Crippen LogP contribution is -2.41. The second kappa shape index (κ2) is 6.91. The summed E-state index contributed by atoms with van der Waals surface area (Å²) in [5, 5.41) is 13.9. The summed E-state index contributed by atoms with van der Waals surface area (Å²) < 4.78 is 7.44. The van der Waals surface area contributed by atoms with Crippen LogP contribution in [0.1, 0.15) is 63.4 Å². The number of hydrogen-bond acceptors (Lipinski definition) is 4. The Bertz CT molecular complexity index is 552. The van der Waals surface area contributed by atoms with E-state index in [0.29, 0.717) is 19.0 Å². The molecular weight excluding hydrogens is 294 g/mol. The molecule has 0 aromatic carbocycles. The van der Waals surface area contributed by atoms with Gasteiger partial charge in [0.1, 0.15) is 5.60 Å². The van der Waals surface area contributed by atoms with Crippen molar-refractivity contribution in [1.29, 1.82) is 0 Å². The van der Waals surface area contributed by atoms with Crippen LogP contribution in [-0.2, 0) is 17.9 Å². The second-order valence-corrected chi connectivity index (χ2v) is 7.17. The van der Waals surface area contributed by atoms with Crippen molar-refractivity contribution in [1.82, 2.24) is 14.7 Å². The van der Waals surface area contributed by atoms with Gasteiger partial charge in [0.2, 0.25) is 0 Å². The Labute approximate surface area is 138 Å². The number of likely N-dealkylation sites (tertiary alicyclic amines) is 1. The lowest BCUT2D eigenvalue weighted by Gasteiger charge is -2.33. The maximum atomic E-state index is 12.2. The molecule has 1 N–H and O–H groups in total. The van der Waals surface area contributed by atoms with Crippen LogP contribution in [0.4, 0.5) is 4.79 Å². The highest BCUT2D eigenvalue weighted by atomic mass is 16.6. The van der Waals surface area contributed by atoms with Crippen LogP contribution in [0.2, 0.25) is 0 Å². The van der Waals surface area contributed by atoms with Gasteiger partial charge in [-0.15, -0.1) is 0 Å². The molecule has 1 aliphatic rings. The summed E-state index contributed by atoms with van der Waals surface area (Å²) in [5.74, 6) is 0.376. The molecule has 0 unspecified atom stereocenters. The highest BCUT2D eigenvalue weighted by molar-refractivity contribution is 5.68. The van der Waals surface area contributed by atoms with Crippen LogP contribution in [-0.4, -0.2) is 44.6 Å². The van der Waals surface area contributed by atoms with Gasteiger partial charge in [-0.1, -0.05) is 0 Å². The van der Waals surface area contributed by atoms with Crippen LogP contribution in [0.3, 0.4) is 0 Å². The quantitative estimate of drug-likeness (QED) is 0.929. The fraction of sp³-hybridized carbons (Fsp3) is 0.765. The Morgan fingerprint density at radius 2 is 1.96 bits per heavy atom. The molecule has 0 spiro atoms. The molecule has 1 amide bonds. The van der Waals surface area contributed by atoms with Gasteiger partial charge in [0.15, 0.2) is 0 Å². The number of aryl methyl sites for hydroxylation is 1. The summed E-state index contributed by atoms with van der Waals surface area (Å²) in [6, 6.07) is 0. The Hall–Kier alpha value is -1.56. The summed E-state index contributed by atoms with van der Waals surface area (Å²) in [6.45, 7) is 11.9. The Morgan fingerprint density at radius 3 is 2.43 bits per heavy atom. The minimum absolute atomic E-state index is 0.0252. The molecular formula is C17H29N3O3. The number of aromatic nitrogens is 2. The third-order valence-electron chi connectivity index (χ3n) is 4.32. The minimum atomic E-state index is -0.457. The van der Waals surface area contributed by atoms with Gasteiger partial charge in [-0.05, 0) is 53.0 Å². The fourth-order valence-corrected chi connectivity index (χ4v) is 3.19. The van der Waals surface area contributed by atoms with Crippen LogP contribution in [0, 0.1) is 6.92 Å². The Kier molecular flexibility index (Phi) is 5.34. The third kappa shape index (κ3) is 4.05. The summed E-state index contributed by atoms with van der Waals surface area (Å²) in [6.07, 6.45) is 1.57. The molecule has 0 saturated carbocycles. The molecule has 1 aromatic rings. The lowest BCUT2D eigenvalue weighted by atomic mass is 9.91. The number of aliphatic hydroxyl groups is 1. The van der Waals surface area contributed by atoms with Crippen molar-refractivity contribution < 1.29 is 14.6 Å². The van der Waals surface area contributed by atoms with Crippen molar-refractivity contribution in [2.75, 3.05) is 13.1 Å². The number of carbonyl (C=O) groups excluding carboxylic acids is 1. The van der Waals surface area contributed by atoms with Crippen LogP contribution < -0.4 is 0 Å². The molecule has 6 heteroatoms. The van der Waals surface area contributed by atoms with Gasteiger partial charge >= 0.3 is 6.09 Å². The molecule has 6 nitrogen and oxygen atoms in total. The van der Waals surface area contributed by atoms with Gasteiger partial charge < -0.3 is 14.7 Å². The SMILES string of the molecule is CCn1nc(CO)c(C)c1C1CCN(C(=O)OC(C)(C)C)CC1. The van der Waals surface area contributed by atoms with E-state index in [0.717, 1.165) is 30.6 Å². The number of hydrogen-bond donors (Lipinski definition) is 1. The summed E-state index contributed by atoms with van der Waals surface area (Å²) >= 11 is 0. The molecule has 1 aromatic heterocycles. The molecule has 1 fully saturated rings. The van der Waals surface area contributed by atoms with Gasteiger partial charge in [0.05, 0.1) is 12.3 Å². The van der Waals surface area contributed by atoms with Gasteiger partial charge in [0.25, 0.3) is 0 Å². The molecule has 2 heterocycles. The van der Waals surface area contributed by atoms with Crippen molar-refractivity contribution in [3.8, 4) is 0 Å². The smallest absolute Gasteiger partial charge is 0.410 e. The fourth-order valence-electron chi connectivity index (χ4n) is 3.19. The predicted molar refractivity (Wildman–Crippen MR) is 88.3 cm³/mol. The highest BCUT2D eigenvalue weighted by Crippen LogP contribution is 2.32. The standard InChI is InChI=1S/C17H29N3O3/c1-6-20-15(12(2)14(11-21)18-20)13-7-9-19(10-8-13)16(22)23-17(3,4)5/h13,21H,6-11H2,1-5H3. The summed E-state index contributed by atoms with van der Waals surface area (Å²) in [5.41, 5.74) is 2.60. The molecule has 0 radical (unpaired) electrons. The zero-order valence-corrected chi connectivity index (χ0v) is 14.9. The first kappa shape index (κ1) is 17.8. The number of piperidine rings is 1. The zero-order valence-electron chi connectivity index (χ0n) is 14.9. The average molecular weight is 323 g/mol. The third-order valence-corrected chi connectivity index (χ3v) is 4.32. The molecule has 0 atom stereocenters. The first-order valence-electron chi connectivity index (χ1n) is 8.41. The number of nitrogens with zero attached hydrogens (tertiary/aromatic N) is 3. The Balaban J connectivity index is 2.05. The van der Waals surface area contributed by atoms with Crippen molar-refractivity contribution in [2.45, 2.75) is 72.1 Å². The van der Waals surface area contributed by atoms with Gasteiger partial charge in [-0.3, -0.25) is 4.68 Å². The van der Waals surface area contributed by atoms with E-state index in [1.807, 2.05) is 32.4 Å². The van der Waals surface area contributed by atoms with Gasteiger partial charge in [-0.25, -0.2) is 4.79 Å². The molecule has 0 aliphatic carbocycles. The first-order chi connectivity index (χ1) is 10.8. The topological polar surface area (TPSA) is 67.6 Å². The zero-order chi connectivity index (χ0) is 17.2. The van der Waals surface area contributed by atoms with E-state index < -0.39 is 5.60 Å². The van der Waals surface area contributed by atoms with E-state index >= 15 is 0 Å². The molecule has 1 aliphatic heterocycles. The van der Waals surface area contributed by atoms with E-state index in [1.54, 1.807) is 4.90 Å². The monoisotopic (exact) mass is 323 g/mol. The van der Waals surface area contributed by atoms with E-state index in [9.17, 15) is 9.90 Å². The van der Waals surface area contributed by atoms with Crippen molar-refractivity contribution in [3.05, 3.63) is 17.0 Å². The van der Waals surface area contributed by atoms with E-state index in [2.05, 4.69) is 12.0 Å². The van der Waals surface area contributed by atoms with Crippen molar-refractivity contribution in [3.63, 3.8) is 0 Å². The number of carbonyl (C=O) groups is 1. The maximum Gasteiger partial charge on any atom is 0.410 e. The van der Waals surface area contributed by atoms with Crippen LogP contribution in [0.25, 0.3) is 0 Å². The van der Waals surface area contributed by atoms with Crippen LogP contribution in [0.5, 0.6) is 0 Å². The minimum Gasteiger partial charge on any atom is -0.444 e. The van der Waals surface area contributed by atoms with E-state index in [-0.39, 0.29) is 12.7 Å². The molecule has 130 valence electrons. The van der Waals surface area contributed by atoms with E-state index in [4.69, 9.17) is 4.74 Å². The lowest BCUT2D eigenvalue weighted by molar-refractivity contribution is 0.0203. The van der Waals surface area contributed by atoms with Crippen LogP contribution >= 0.6 is 0 Å². The number of rotatable bonds is 3. The second-order valence-electron chi connectivity index (χ2n) is 7.17. The normalized spacial score (nSPS) is 16.7. The van der Waals surface area contributed by atoms with E-state index in [1.165, 1.54) is 5.69 Å². The average Bonchev–Trinajstić information content (AvgIpc) is 2.81. The predicted octanol–water partition coefficient (Wildman–Crippen LogP) is 2.82. The maximum absolute atomic E-state index is 12.2. The number of aliphatic hydroxyl groups excluding tert-OH is 1.